The number of aromatic amines is 2. The van der Waals surface area contributed by atoms with Crippen LogP contribution >= 0.6 is 12.6 Å². The second-order valence-corrected chi connectivity index (χ2v) is 8.16. The molecule has 0 saturated carbocycles. The molecule has 3 aromatic heterocycles. The number of nitrogens with zero attached hydrogens (tertiary/aromatic N) is 2. The van der Waals surface area contributed by atoms with Gasteiger partial charge in [0.1, 0.15) is 0 Å². The zero-order valence-electron chi connectivity index (χ0n) is 16.5. The third-order valence-corrected chi connectivity index (χ3v) is 5.60. The molecular weight excluding hydrogens is 400 g/mol. The Balaban J connectivity index is 1.64. The van der Waals surface area contributed by atoms with Crippen molar-refractivity contribution in [2.75, 3.05) is 0 Å². The lowest BCUT2D eigenvalue weighted by molar-refractivity contribution is 1.27. The van der Waals surface area contributed by atoms with Crippen molar-refractivity contribution in [1.29, 1.82) is 0 Å². The van der Waals surface area contributed by atoms with E-state index < -0.39 is 0 Å². The van der Waals surface area contributed by atoms with Gasteiger partial charge < -0.3 is 9.97 Å². The number of thiol groups is 1. The summed E-state index contributed by atoms with van der Waals surface area (Å²) in [6.45, 7) is 0. The first kappa shape index (κ1) is 18.0. The molecule has 5 heteroatoms. The van der Waals surface area contributed by atoms with E-state index in [2.05, 4.69) is 77.2 Å². The molecule has 0 spiro atoms. The number of H-pyrrole nitrogens is 2. The zero-order chi connectivity index (χ0) is 20.8. The van der Waals surface area contributed by atoms with E-state index in [1.807, 2.05) is 36.4 Å². The van der Waals surface area contributed by atoms with Crippen molar-refractivity contribution in [2.45, 2.75) is 4.90 Å². The Labute approximate surface area is 184 Å². The second-order valence-electron chi connectivity index (χ2n) is 7.64. The van der Waals surface area contributed by atoms with Crippen molar-refractivity contribution in [3.8, 4) is 0 Å². The van der Waals surface area contributed by atoms with Gasteiger partial charge >= 0.3 is 0 Å². The number of fused-ring (bicyclic) bond motifs is 8. The maximum absolute atomic E-state index is 4.90. The largest absolute Gasteiger partial charge is 0.355 e. The van der Waals surface area contributed by atoms with E-state index in [9.17, 15) is 0 Å². The standard InChI is InChI=1S/C26H18N4S/c31-24-3-1-2-16(10-24)25-14-23-13-21-7-6-19(28-21)11-17-4-5-18(27-17)12-20-8-9-22(29-20)15-26(25)30-23/h1-15,27-28,31H. The summed E-state index contributed by atoms with van der Waals surface area (Å²) >= 11 is 4.51. The molecule has 1 aromatic carbocycles. The summed E-state index contributed by atoms with van der Waals surface area (Å²) in [5.41, 5.74) is 9.81. The lowest BCUT2D eigenvalue weighted by atomic mass is 10.0. The third kappa shape index (κ3) is 3.60. The summed E-state index contributed by atoms with van der Waals surface area (Å²) in [6.07, 6.45) is 6.16. The molecule has 4 aromatic rings. The number of benzene rings is 1. The van der Waals surface area contributed by atoms with E-state index in [0.29, 0.717) is 0 Å². The number of aromatic nitrogens is 4. The Morgan fingerprint density at radius 1 is 0.613 bits per heavy atom. The van der Waals surface area contributed by atoms with E-state index >= 15 is 0 Å². The topological polar surface area (TPSA) is 57.4 Å². The SMILES string of the molecule is Sc1cccc(C2=Cc3cc4ccc(cc5ccc(cc6nc(cc2n3)C=C6)[nH]5)[nH]4)c1. The fourth-order valence-electron chi connectivity index (χ4n) is 3.92. The first-order valence-electron chi connectivity index (χ1n) is 10.1. The molecule has 0 radical (unpaired) electrons. The van der Waals surface area contributed by atoms with Gasteiger partial charge in [-0.3, -0.25) is 0 Å². The van der Waals surface area contributed by atoms with Gasteiger partial charge in [0.2, 0.25) is 0 Å². The Bertz CT molecular complexity index is 1550. The predicted octanol–water partition coefficient (Wildman–Crippen LogP) is 6.36. The van der Waals surface area contributed by atoms with Crippen LogP contribution in [-0.4, -0.2) is 19.9 Å². The fraction of sp³-hybridized carbons (Fsp3) is 0. The normalized spacial score (nSPS) is 12.7. The Morgan fingerprint density at radius 3 is 1.97 bits per heavy atom. The second kappa shape index (κ2) is 7.15. The maximum Gasteiger partial charge on any atom is 0.0737 e. The van der Waals surface area contributed by atoms with Gasteiger partial charge in [-0.05, 0) is 84.5 Å². The predicted molar refractivity (Wildman–Crippen MR) is 131 cm³/mol. The first-order chi connectivity index (χ1) is 15.2. The molecule has 148 valence electrons. The monoisotopic (exact) mass is 418 g/mol. The molecule has 8 bridgehead atoms. The molecule has 2 N–H and O–H groups in total. The highest BCUT2D eigenvalue weighted by Gasteiger charge is 2.13. The molecule has 0 fully saturated rings. The Hall–Kier alpha value is -3.83. The highest BCUT2D eigenvalue weighted by atomic mass is 32.1. The van der Waals surface area contributed by atoms with Gasteiger partial charge in [0.05, 0.1) is 22.8 Å². The van der Waals surface area contributed by atoms with Gasteiger partial charge in [-0.15, -0.1) is 12.6 Å². The third-order valence-electron chi connectivity index (χ3n) is 5.32. The fourth-order valence-corrected chi connectivity index (χ4v) is 4.14. The molecule has 0 aliphatic carbocycles. The quantitative estimate of drug-likeness (QED) is 0.272. The number of nitrogens with one attached hydrogen (secondary N) is 2. The molecular formula is C26H18N4S. The van der Waals surface area contributed by atoms with Crippen LogP contribution in [0.4, 0.5) is 0 Å². The van der Waals surface area contributed by atoms with Crippen LogP contribution in [0.15, 0.2) is 77.7 Å². The van der Waals surface area contributed by atoms with Crippen LogP contribution in [0.2, 0.25) is 0 Å². The van der Waals surface area contributed by atoms with Gasteiger partial charge in [0.15, 0.2) is 0 Å². The summed E-state index contributed by atoms with van der Waals surface area (Å²) in [7, 11) is 0. The lowest BCUT2D eigenvalue weighted by Gasteiger charge is -2.03. The minimum absolute atomic E-state index is 0.881. The Morgan fingerprint density at radius 2 is 1.26 bits per heavy atom. The smallest absolute Gasteiger partial charge is 0.0737 e. The van der Waals surface area contributed by atoms with Gasteiger partial charge in [0, 0.05) is 32.5 Å². The number of hydrogen-bond donors (Lipinski definition) is 3. The van der Waals surface area contributed by atoms with Crippen molar-refractivity contribution in [1.82, 2.24) is 19.9 Å². The molecule has 4 nitrogen and oxygen atoms in total. The average Bonchev–Trinajstić information content (AvgIpc) is 3.53. The van der Waals surface area contributed by atoms with Crippen LogP contribution < -0.4 is 0 Å². The number of hydrogen-bond acceptors (Lipinski definition) is 3. The molecule has 5 heterocycles. The van der Waals surface area contributed by atoms with Crippen molar-refractivity contribution in [2.24, 2.45) is 0 Å². The van der Waals surface area contributed by atoms with Crippen LogP contribution in [0, 0.1) is 0 Å². The molecule has 31 heavy (non-hydrogen) atoms. The molecule has 0 atom stereocenters. The highest BCUT2D eigenvalue weighted by Crippen LogP contribution is 2.30. The first-order valence-corrected chi connectivity index (χ1v) is 10.5. The summed E-state index contributed by atoms with van der Waals surface area (Å²) < 4.78 is 0. The van der Waals surface area contributed by atoms with Crippen LogP contribution in [0.3, 0.4) is 0 Å². The summed E-state index contributed by atoms with van der Waals surface area (Å²) in [5, 5.41) is 0. The van der Waals surface area contributed by atoms with E-state index in [0.717, 1.165) is 60.9 Å². The zero-order valence-corrected chi connectivity index (χ0v) is 17.4. The van der Waals surface area contributed by atoms with Gasteiger partial charge in [-0.1, -0.05) is 12.1 Å². The van der Waals surface area contributed by atoms with E-state index in [4.69, 9.17) is 9.97 Å². The molecule has 6 rings (SSSR count). The number of rotatable bonds is 1. The summed E-state index contributed by atoms with van der Waals surface area (Å²) in [6, 6.07) is 24.6. The minimum Gasteiger partial charge on any atom is -0.355 e. The van der Waals surface area contributed by atoms with Crippen LogP contribution in [0.25, 0.3) is 45.9 Å². The lowest BCUT2D eigenvalue weighted by Crippen LogP contribution is -1.86. The molecule has 0 unspecified atom stereocenters. The summed E-state index contributed by atoms with van der Waals surface area (Å²) in [4.78, 5) is 17.4. The summed E-state index contributed by atoms with van der Waals surface area (Å²) in [5.74, 6) is 0. The van der Waals surface area contributed by atoms with Crippen LogP contribution in [0.1, 0.15) is 28.3 Å². The highest BCUT2D eigenvalue weighted by molar-refractivity contribution is 7.80. The van der Waals surface area contributed by atoms with Crippen molar-refractivity contribution in [3.05, 3.63) is 101 Å². The minimum atomic E-state index is 0.881. The van der Waals surface area contributed by atoms with Gasteiger partial charge in [-0.2, -0.15) is 0 Å². The molecule has 2 aliphatic rings. The van der Waals surface area contributed by atoms with Gasteiger partial charge in [-0.25, -0.2) is 9.97 Å². The van der Waals surface area contributed by atoms with E-state index in [1.54, 1.807) is 0 Å². The maximum atomic E-state index is 4.90. The van der Waals surface area contributed by atoms with Crippen molar-refractivity contribution >= 4 is 58.5 Å². The van der Waals surface area contributed by atoms with E-state index in [-0.39, 0.29) is 0 Å². The van der Waals surface area contributed by atoms with Crippen molar-refractivity contribution in [3.63, 3.8) is 0 Å². The average molecular weight is 419 g/mol. The van der Waals surface area contributed by atoms with E-state index in [1.165, 1.54) is 0 Å². The van der Waals surface area contributed by atoms with Gasteiger partial charge in [0.25, 0.3) is 0 Å². The molecule has 2 aliphatic heterocycles. The van der Waals surface area contributed by atoms with Crippen molar-refractivity contribution < 1.29 is 0 Å². The van der Waals surface area contributed by atoms with Crippen LogP contribution in [0.5, 0.6) is 0 Å². The molecule has 0 saturated heterocycles. The van der Waals surface area contributed by atoms with Crippen LogP contribution in [-0.2, 0) is 0 Å². The Kier molecular flexibility index (Phi) is 4.14. The molecule has 0 amide bonds.